The number of ether oxygens (including phenoxy) is 1. The molecule has 0 aromatic heterocycles. The predicted molar refractivity (Wildman–Crippen MR) is 51.9 cm³/mol. The number of carbonyl (C=O) groups is 2. The van der Waals surface area contributed by atoms with E-state index in [1.165, 1.54) is 6.92 Å². The molecule has 1 saturated heterocycles. The Labute approximate surface area is 84.2 Å². The minimum absolute atomic E-state index is 0.0242. The van der Waals surface area contributed by atoms with Crippen molar-refractivity contribution in [3.8, 4) is 0 Å². The Hall–Kier alpha value is -0.900. The molecule has 0 saturated carbocycles. The first-order valence-electron chi connectivity index (χ1n) is 5.02. The molecule has 1 aliphatic rings. The summed E-state index contributed by atoms with van der Waals surface area (Å²) in [5, 5.41) is 0. The highest BCUT2D eigenvalue weighted by molar-refractivity contribution is 5.96. The van der Waals surface area contributed by atoms with E-state index in [0.29, 0.717) is 19.7 Å². The van der Waals surface area contributed by atoms with E-state index >= 15 is 0 Å². The first kappa shape index (κ1) is 11.2. The van der Waals surface area contributed by atoms with Crippen LogP contribution in [-0.4, -0.2) is 42.4 Å². The van der Waals surface area contributed by atoms with Crippen LogP contribution in [0.3, 0.4) is 0 Å². The summed E-state index contributed by atoms with van der Waals surface area (Å²) in [6, 6.07) is 0. The zero-order chi connectivity index (χ0) is 10.6. The lowest BCUT2D eigenvalue weighted by Crippen LogP contribution is -2.45. The van der Waals surface area contributed by atoms with Gasteiger partial charge in [-0.1, -0.05) is 6.92 Å². The van der Waals surface area contributed by atoms with E-state index < -0.39 is 0 Å². The molecule has 4 heteroatoms. The third kappa shape index (κ3) is 3.10. The second-order valence-corrected chi connectivity index (χ2v) is 3.62. The number of morpholine rings is 1. The zero-order valence-corrected chi connectivity index (χ0v) is 8.78. The van der Waals surface area contributed by atoms with E-state index in [2.05, 4.69) is 0 Å². The fraction of sp³-hybridized carbons (Fsp3) is 0.800. The lowest BCUT2D eigenvalue weighted by atomic mass is 10.2. The second-order valence-electron chi connectivity index (χ2n) is 3.62. The van der Waals surface area contributed by atoms with Crippen molar-refractivity contribution in [2.75, 3.05) is 19.7 Å². The summed E-state index contributed by atoms with van der Waals surface area (Å²) in [6.45, 7) is 5.30. The highest BCUT2D eigenvalue weighted by Gasteiger charge is 2.23. The van der Waals surface area contributed by atoms with Crippen LogP contribution in [0.5, 0.6) is 0 Å². The van der Waals surface area contributed by atoms with Crippen LogP contribution in [0.15, 0.2) is 0 Å². The van der Waals surface area contributed by atoms with Crippen molar-refractivity contribution in [1.82, 2.24) is 4.90 Å². The third-order valence-corrected chi connectivity index (χ3v) is 2.35. The summed E-state index contributed by atoms with van der Waals surface area (Å²) >= 11 is 0. The van der Waals surface area contributed by atoms with Crippen LogP contribution in [0.25, 0.3) is 0 Å². The van der Waals surface area contributed by atoms with Gasteiger partial charge in [-0.15, -0.1) is 0 Å². The molecule has 4 nitrogen and oxygen atoms in total. The third-order valence-electron chi connectivity index (χ3n) is 2.35. The molecule has 1 rings (SSSR count). The Balaban J connectivity index is 2.43. The lowest BCUT2D eigenvalue weighted by molar-refractivity contribution is -0.141. The molecular formula is C10H17NO3. The molecule has 0 radical (unpaired) electrons. The maximum absolute atomic E-state index is 11.5. The Morgan fingerprint density at radius 1 is 1.50 bits per heavy atom. The molecule has 1 fully saturated rings. The first-order valence-corrected chi connectivity index (χ1v) is 5.02. The van der Waals surface area contributed by atoms with Crippen molar-refractivity contribution >= 4 is 11.7 Å². The van der Waals surface area contributed by atoms with Crippen molar-refractivity contribution in [2.45, 2.75) is 32.8 Å². The minimum atomic E-state index is -0.0745. The summed E-state index contributed by atoms with van der Waals surface area (Å²) in [7, 11) is 0. The Kier molecular flexibility index (Phi) is 4.07. The SMILES string of the molecule is CCC1CN(C(=O)CC(C)=O)CCO1. The molecule has 1 unspecified atom stereocenters. The van der Waals surface area contributed by atoms with Crippen molar-refractivity contribution in [1.29, 1.82) is 0 Å². The van der Waals surface area contributed by atoms with Crippen molar-refractivity contribution in [3.63, 3.8) is 0 Å². The van der Waals surface area contributed by atoms with Gasteiger partial charge in [-0.25, -0.2) is 0 Å². The average molecular weight is 199 g/mol. The minimum Gasteiger partial charge on any atom is -0.375 e. The number of hydrogen-bond acceptors (Lipinski definition) is 3. The predicted octanol–water partition coefficient (Wildman–Crippen LogP) is 0.603. The lowest BCUT2D eigenvalue weighted by Gasteiger charge is -2.32. The average Bonchev–Trinajstić information content (AvgIpc) is 2.17. The van der Waals surface area contributed by atoms with E-state index in [-0.39, 0.29) is 24.2 Å². The molecule has 1 atom stereocenters. The van der Waals surface area contributed by atoms with Gasteiger partial charge in [-0.05, 0) is 13.3 Å². The van der Waals surface area contributed by atoms with E-state index in [1.807, 2.05) is 6.92 Å². The van der Waals surface area contributed by atoms with Gasteiger partial charge in [0, 0.05) is 13.1 Å². The van der Waals surface area contributed by atoms with Gasteiger partial charge in [0.1, 0.15) is 5.78 Å². The normalized spacial score (nSPS) is 22.1. The van der Waals surface area contributed by atoms with Crippen LogP contribution in [0.1, 0.15) is 26.7 Å². The molecule has 1 aliphatic heterocycles. The molecule has 0 aromatic rings. The van der Waals surface area contributed by atoms with Crippen LogP contribution in [-0.2, 0) is 14.3 Å². The molecule has 80 valence electrons. The highest BCUT2D eigenvalue weighted by atomic mass is 16.5. The molecule has 1 amide bonds. The standard InChI is InChI=1S/C10H17NO3/c1-3-9-7-11(4-5-14-9)10(13)6-8(2)12/h9H,3-7H2,1-2H3. The number of nitrogens with zero attached hydrogens (tertiary/aromatic N) is 1. The highest BCUT2D eigenvalue weighted by Crippen LogP contribution is 2.09. The summed E-state index contributed by atoms with van der Waals surface area (Å²) in [5.74, 6) is -0.145. The summed E-state index contributed by atoms with van der Waals surface area (Å²) in [5.41, 5.74) is 0. The maximum Gasteiger partial charge on any atom is 0.230 e. The van der Waals surface area contributed by atoms with Gasteiger partial charge in [0.25, 0.3) is 0 Å². The van der Waals surface area contributed by atoms with Crippen LogP contribution in [0, 0.1) is 0 Å². The van der Waals surface area contributed by atoms with Gasteiger partial charge in [0.05, 0.1) is 19.1 Å². The molecular weight excluding hydrogens is 182 g/mol. The Morgan fingerprint density at radius 2 is 2.21 bits per heavy atom. The molecule has 0 bridgehead atoms. The fourth-order valence-corrected chi connectivity index (χ4v) is 1.52. The maximum atomic E-state index is 11.5. The number of hydrogen-bond donors (Lipinski definition) is 0. The number of carbonyl (C=O) groups excluding carboxylic acids is 2. The summed E-state index contributed by atoms with van der Waals surface area (Å²) in [6.07, 6.45) is 1.07. The molecule has 1 heterocycles. The van der Waals surface area contributed by atoms with Gasteiger partial charge >= 0.3 is 0 Å². The van der Waals surface area contributed by atoms with Crippen molar-refractivity contribution < 1.29 is 14.3 Å². The topological polar surface area (TPSA) is 46.6 Å². The van der Waals surface area contributed by atoms with Crippen LogP contribution in [0.4, 0.5) is 0 Å². The van der Waals surface area contributed by atoms with Crippen molar-refractivity contribution in [2.24, 2.45) is 0 Å². The monoisotopic (exact) mass is 199 g/mol. The van der Waals surface area contributed by atoms with Crippen molar-refractivity contribution in [3.05, 3.63) is 0 Å². The first-order chi connectivity index (χ1) is 6.63. The molecule has 14 heavy (non-hydrogen) atoms. The Bertz CT molecular complexity index is 227. The molecule has 0 aliphatic carbocycles. The van der Waals surface area contributed by atoms with Gasteiger partial charge < -0.3 is 9.64 Å². The van der Waals surface area contributed by atoms with E-state index in [1.54, 1.807) is 4.90 Å². The van der Waals surface area contributed by atoms with Gasteiger partial charge in [-0.2, -0.15) is 0 Å². The molecule has 0 N–H and O–H groups in total. The summed E-state index contributed by atoms with van der Waals surface area (Å²) < 4.78 is 5.43. The largest absolute Gasteiger partial charge is 0.375 e. The van der Waals surface area contributed by atoms with Gasteiger partial charge in [0.15, 0.2) is 0 Å². The zero-order valence-electron chi connectivity index (χ0n) is 8.78. The molecule has 0 spiro atoms. The number of rotatable bonds is 3. The summed E-state index contributed by atoms with van der Waals surface area (Å²) in [4.78, 5) is 24.0. The fourth-order valence-electron chi connectivity index (χ4n) is 1.52. The number of ketones is 1. The Morgan fingerprint density at radius 3 is 2.79 bits per heavy atom. The van der Waals surface area contributed by atoms with E-state index in [4.69, 9.17) is 4.74 Å². The van der Waals surface area contributed by atoms with Crippen LogP contribution >= 0.6 is 0 Å². The van der Waals surface area contributed by atoms with Crippen LogP contribution in [0.2, 0.25) is 0 Å². The van der Waals surface area contributed by atoms with Gasteiger partial charge in [-0.3, -0.25) is 9.59 Å². The smallest absolute Gasteiger partial charge is 0.230 e. The quantitative estimate of drug-likeness (QED) is 0.625. The van der Waals surface area contributed by atoms with Crippen LogP contribution < -0.4 is 0 Å². The molecule has 0 aromatic carbocycles. The number of amides is 1. The van der Waals surface area contributed by atoms with Gasteiger partial charge in [0.2, 0.25) is 5.91 Å². The second kappa shape index (κ2) is 5.10. The number of Topliss-reactive ketones (excluding diaryl/α,β-unsaturated/α-hetero) is 1. The van der Waals surface area contributed by atoms with E-state index in [9.17, 15) is 9.59 Å². The van der Waals surface area contributed by atoms with E-state index in [0.717, 1.165) is 6.42 Å².